The normalized spacial score (nSPS) is 15.1. The van der Waals surface area contributed by atoms with Gasteiger partial charge in [0.2, 0.25) is 0 Å². The molecule has 0 amide bonds. The van der Waals surface area contributed by atoms with E-state index in [0.29, 0.717) is 11.5 Å². The van der Waals surface area contributed by atoms with Gasteiger partial charge in [-0.15, -0.1) is 0 Å². The monoisotopic (exact) mass is 275 g/mol. The molecule has 1 aromatic rings. The smallest absolute Gasteiger partial charge is 0.0110 e. The summed E-state index contributed by atoms with van der Waals surface area (Å²) in [6.07, 6.45) is 3.70. The molecular weight excluding hydrogens is 242 g/mol. The van der Waals surface area contributed by atoms with Gasteiger partial charge < -0.3 is 5.32 Å². The van der Waals surface area contributed by atoms with E-state index >= 15 is 0 Å². The number of aryl methyl sites for hydroxylation is 1. The summed E-state index contributed by atoms with van der Waals surface area (Å²) in [6, 6.07) is 9.52. The molecule has 0 saturated heterocycles. The van der Waals surface area contributed by atoms with Gasteiger partial charge in [-0.3, -0.25) is 0 Å². The molecule has 0 spiro atoms. The van der Waals surface area contributed by atoms with Crippen LogP contribution >= 0.6 is 0 Å². The van der Waals surface area contributed by atoms with Crippen LogP contribution < -0.4 is 5.32 Å². The second kappa shape index (κ2) is 7.83. The Hall–Kier alpha value is -0.820. The molecule has 20 heavy (non-hydrogen) atoms. The number of hydrogen-bond donors (Lipinski definition) is 1. The second-order valence-electron chi connectivity index (χ2n) is 7.55. The van der Waals surface area contributed by atoms with Gasteiger partial charge in [0.25, 0.3) is 0 Å². The first-order valence-corrected chi connectivity index (χ1v) is 8.09. The van der Waals surface area contributed by atoms with Crippen molar-refractivity contribution in [3.8, 4) is 0 Å². The molecule has 0 heterocycles. The number of hydrogen-bond acceptors (Lipinski definition) is 1. The minimum absolute atomic E-state index is 0.430. The van der Waals surface area contributed by atoms with Gasteiger partial charge in [0.05, 0.1) is 0 Å². The van der Waals surface area contributed by atoms with Crippen LogP contribution in [0, 0.1) is 18.3 Å². The van der Waals surface area contributed by atoms with E-state index < -0.39 is 0 Å². The lowest BCUT2D eigenvalue weighted by atomic mass is 9.82. The Bertz CT molecular complexity index is 389. The molecule has 0 saturated carbocycles. The third kappa shape index (κ3) is 7.09. The van der Waals surface area contributed by atoms with E-state index in [9.17, 15) is 0 Å². The Morgan fingerprint density at radius 3 is 2.45 bits per heavy atom. The molecule has 0 aliphatic carbocycles. The molecule has 1 nitrogen and oxygen atoms in total. The van der Waals surface area contributed by atoms with E-state index in [1.165, 1.54) is 24.0 Å². The zero-order valence-corrected chi connectivity index (χ0v) is 14.3. The van der Waals surface area contributed by atoms with Crippen LogP contribution in [0.1, 0.15) is 58.6 Å². The summed E-state index contributed by atoms with van der Waals surface area (Å²) >= 11 is 0. The van der Waals surface area contributed by atoms with Crippen LogP contribution in [-0.2, 0) is 6.42 Å². The highest BCUT2D eigenvalue weighted by molar-refractivity contribution is 5.23. The summed E-state index contributed by atoms with van der Waals surface area (Å²) in [7, 11) is 0. The zero-order valence-electron chi connectivity index (χ0n) is 14.3. The van der Waals surface area contributed by atoms with Gasteiger partial charge in [-0.1, -0.05) is 64.4 Å². The SMILES string of the molecule is CCNC(Cc1cccc(C)c1)CC(C)CC(C)(C)C. The predicted octanol–water partition coefficient (Wildman–Crippen LogP) is 4.98. The van der Waals surface area contributed by atoms with Crippen molar-refractivity contribution in [1.82, 2.24) is 5.32 Å². The number of likely N-dealkylation sites (N-methyl/N-ethyl adjacent to an activating group) is 1. The molecular formula is C19H33N. The van der Waals surface area contributed by atoms with E-state index in [0.717, 1.165) is 18.9 Å². The van der Waals surface area contributed by atoms with Crippen LogP contribution in [0.25, 0.3) is 0 Å². The summed E-state index contributed by atoms with van der Waals surface area (Å²) < 4.78 is 0. The van der Waals surface area contributed by atoms with Crippen LogP contribution in [0.2, 0.25) is 0 Å². The van der Waals surface area contributed by atoms with Crippen molar-refractivity contribution < 1.29 is 0 Å². The van der Waals surface area contributed by atoms with Crippen molar-refractivity contribution in [2.75, 3.05) is 6.54 Å². The third-order valence-corrected chi connectivity index (χ3v) is 3.71. The Balaban J connectivity index is 2.60. The molecule has 114 valence electrons. The summed E-state index contributed by atoms with van der Waals surface area (Å²) in [5.41, 5.74) is 3.25. The lowest BCUT2D eigenvalue weighted by Gasteiger charge is -2.27. The molecule has 0 radical (unpaired) electrons. The molecule has 2 atom stereocenters. The summed E-state index contributed by atoms with van der Waals surface area (Å²) in [5.74, 6) is 0.767. The fraction of sp³-hybridized carbons (Fsp3) is 0.684. The van der Waals surface area contributed by atoms with Gasteiger partial charge in [0, 0.05) is 6.04 Å². The van der Waals surface area contributed by atoms with Crippen LogP contribution in [0.3, 0.4) is 0 Å². The predicted molar refractivity (Wildman–Crippen MR) is 90.2 cm³/mol. The highest BCUT2D eigenvalue weighted by atomic mass is 14.9. The van der Waals surface area contributed by atoms with E-state index in [2.05, 4.69) is 71.1 Å². The maximum Gasteiger partial charge on any atom is 0.0110 e. The molecule has 0 aliphatic rings. The molecule has 0 bridgehead atoms. The maximum absolute atomic E-state index is 3.67. The quantitative estimate of drug-likeness (QED) is 0.740. The van der Waals surface area contributed by atoms with Crippen molar-refractivity contribution in [3.63, 3.8) is 0 Å². The minimum atomic E-state index is 0.430. The van der Waals surface area contributed by atoms with E-state index in [1.54, 1.807) is 0 Å². The van der Waals surface area contributed by atoms with Crippen LogP contribution in [0.5, 0.6) is 0 Å². The molecule has 0 fully saturated rings. The number of rotatable bonds is 7. The Kier molecular flexibility index (Phi) is 6.75. The fourth-order valence-electron chi connectivity index (χ4n) is 3.27. The van der Waals surface area contributed by atoms with Gasteiger partial charge in [-0.2, -0.15) is 0 Å². The minimum Gasteiger partial charge on any atom is -0.314 e. The van der Waals surface area contributed by atoms with E-state index in [4.69, 9.17) is 0 Å². The van der Waals surface area contributed by atoms with E-state index in [-0.39, 0.29) is 0 Å². The average Bonchev–Trinajstić information content (AvgIpc) is 2.26. The van der Waals surface area contributed by atoms with Crippen molar-refractivity contribution in [3.05, 3.63) is 35.4 Å². The highest BCUT2D eigenvalue weighted by Crippen LogP contribution is 2.27. The summed E-state index contributed by atoms with van der Waals surface area (Å²) in [5, 5.41) is 3.67. The van der Waals surface area contributed by atoms with Crippen molar-refractivity contribution >= 4 is 0 Å². The third-order valence-electron chi connectivity index (χ3n) is 3.71. The van der Waals surface area contributed by atoms with Crippen molar-refractivity contribution in [2.45, 2.75) is 66.8 Å². The number of nitrogens with one attached hydrogen (secondary N) is 1. The molecule has 2 unspecified atom stereocenters. The molecule has 0 aliphatic heterocycles. The highest BCUT2D eigenvalue weighted by Gasteiger charge is 2.19. The lowest BCUT2D eigenvalue weighted by Crippen LogP contribution is -2.33. The Morgan fingerprint density at radius 1 is 1.20 bits per heavy atom. The van der Waals surface area contributed by atoms with Gasteiger partial charge in [0.15, 0.2) is 0 Å². The topological polar surface area (TPSA) is 12.0 Å². The van der Waals surface area contributed by atoms with E-state index in [1.807, 2.05) is 0 Å². The van der Waals surface area contributed by atoms with Crippen molar-refractivity contribution in [2.24, 2.45) is 11.3 Å². The Labute approximate surface area is 126 Å². The van der Waals surface area contributed by atoms with Gasteiger partial charge >= 0.3 is 0 Å². The average molecular weight is 275 g/mol. The van der Waals surface area contributed by atoms with Crippen LogP contribution in [0.4, 0.5) is 0 Å². The molecule has 1 heteroatoms. The second-order valence-corrected chi connectivity index (χ2v) is 7.55. The molecule has 0 aromatic heterocycles. The van der Waals surface area contributed by atoms with Crippen molar-refractivity contribution in [1.29, 1.82) is 0 Å². The first-order valence-electron chi connectivity index (χ1n) is 8.09. The first-order chi connectivity index (χ1) is 9.30. The molecule has 1 rings (SSSR count). The first kappa shape index (κ1) is 17.2. The summed E-state index contributed by atoms with van der Waals surface area (Å²) in [4.78, 5) is 0. The largest absolute Gasteiger partial charge is 0.314 e. The maximum atomic E-state index is 3.67. The molecule has 1 aromatic carbocycles. The molecule has 1 N–H and O–H groups in total. The van der Waals surface area contributed by atoms with Gasteiger partial charge in [0.1, 0.15) is 0 Å². The zero-order chi connectivity index (χ0) is 15.2. The van der Waals surface area contributed by atoms with Gasteiger partial charge in [-0.25, -0.2) is 0 Å². The standard InChI is InChI=1S/C19H33N/c1-7-20-18(12-16(3)14-19(4,5)6)13-17-10-8-9-15(2)11-17/h8-11,16,18,20H,7,12-14H2,1-6H3. The van der Waals surface area contributed by atoms with Crippen LogP contribution in [0.15, 0.2) is 24.3 Å². The lowest BCUT2D eigenvalue weighted by molar-refractivity contribution is 0.275. The summed E-state index contributed by atoms with van der Waals surface area (Å²) in [6.45, 7) is 14.8. The van der Waals surface area contributed by atoms with Gasteiger partial charge in [-0.05, 0) is 49.6 Å². The fourth-order valence-corrected chi connectivity index (χ4v) is 3.27. The number of benzene rings is 1. The Morgan fingerprint density at radius 2 is 1.90 bits per heavy atom. The van der Waals surface area contributed by atoms with Crippen LogP contribution in [-0.4, -0.2) is 12.6 Å².